The van der Waals surface area contributed by atoms with Crippen LogP contribution in [0.3, 0.4) is 0 Å². The average Bonchev–Trinajstić information content (AvgIpc) is 2.57. The number of benzene rings is 2. The highest BCUT2D eigenvalue weighted by Gasteiger charge is 1.97. The van der Waals surface area contributed by atoms with Crippen LogP contribution in [-0.4, -0.2) is 19.2 Å². The van der Waals surface area contributed by atoms with E-state index in [4.69, 9.17) is 4.74 Å². The molecule has 0 aliphatic heterocycles. The van der Waals surface area contributed by atoms with Gasteiger partial charge in [-0.3, -0.25) is 0 Å². The number of hydrogen-bond donors (Lipinski definition) is 2. The van der Waals surface area contributed by atoms with Crippen LogP contribution in [0.25, 0.3) is 0 Å². The van der Waals surface area contributed by atoms with Crippen LogP contribution >= 0.6 is 15.9 Å². The molecule has 0 unspecified atom stereocenters. The molecular weight excluding hydrogens is 356 g/mol. The first-order valence-corrected chi connectivity index (χ1v) is 7.93. The van der Waals surface area contributed by atoms with Crippen LogP contribution in [-0.2, 0) is 6.54 Å². The number of halogens is 1. The number of urea groups is 1. The maximum absolute atomic E-state index is 11.6. The summed E-state index contributed by atoms with van der Waals surface area (Å²) in [5, 5.41) is 5.44. The Morgan fingerprint density at radius 1 is 1.04 bits per heavy atom. The molecule has 0 aliphatic carbocycles. The molecule has 2 rings (SSSR count). The van der Waals surface area contributed by atoms with E-state index in [-0.39, 0.29) is 19.2 Å². The van der Waals surface area contributed by atoms with Crippen LogP contribution in [0, 0.1) is 11.8 Å². The fourth-order valence-corrected chi connectivity index (χ4v) is 2.13. The van der Waals surface area contributed by atoms with Crippen LogP contribution in [0.15, 0.2) is 59.1 Å². The number of nitrogens with one attached hydrogen (secondary N) is 2. The topological polar surface area (TPSA) is 50.4 Å². The van der Waals surface area contributed by atoms with E-state index >= 15 is 0 Å². The summed E-state index contributed by atoms with van der Waals surface area (Å²) in [6.07, 6.45) is 0. The lowest BCUT2D eigenvalue weighted by atomic mass is 10.2. The van der Waals surface area contributed by atoms with E-state index in [1.807, 2.05) is 54.6 Å². The third kappa shape index (κ3) is 6.90. The highest BCUT2D eigenvalue weighted by Crippen LogP contribution is 2.17. The predicted molar refractivity (Wildman–Crippen MR) is 94.1 cm³/mol. The molecular formula is C18H17BrN2O2. The quantitative estimate of drug-likeness (QED) is 0.790. The summed E-state index contributed by atoms with van der Waals surface area (Å²) in [5.74, 6) is 6.45. The second-order valence-electron chi connectivity index (χ2n) is 4.62. The lowest BCUT2D eigenvalue weighted by Crippen LogP contribution is -2.35. The van der Waals surface area contributed by atoms with E-state index < -0.39 is 0 Å². The van der Waals surface area contributed by atoms with Crippen molar-refractivity contribution in [3.8, 4) is 17.6 Å². The van der Waals surface area contributed by atoms with Crippen LogP contribution in [0.1, 0.15) is 5.56 Å². The molecule has 23 heavy (non-hydrogen) atoms. The summed E-state index contributed by atoms with van der Waals surface area (Å²) in [6.45, 7) is 1.05. The van der Waals surface area contributed by atoms with Crippen LogP contribution in [0.5, 0.6) is 5.75 Å². The van der Waals surface area contributed by atoms with Gasteiger partial charge >= 0.3 is 6.03 Å². The van der Waals surface area contributed by atoms with E-state index in [0.717, 1.165) is 15.8 Å². The van der Waals surface area contributed by atoms with Crippen molar-refractivity contribution in [3.05, 3.63) is 64.6 Å². The molecule has 0 fully saturated rings. The Morgan fingerprint density at radius 2 is 1.87 bits per heavy atom. The van der Waals surface area contributed by atoms with Crippen molar-refractivity contribution >= 4 is 22.0 Å². The number of amides is 2. The van der Waals surface area contributed by atoms with Crippen molar-refractivity contribution in [2.75, 3.05) is 13.2 Å². The smallest absolute Gasteiger partial charge is 0.315 e. The van der Waals surface area contributed by atoms with Gasteiger partial charge in [0.2, 0.25) is 0 Å². The molecule has 2 aromatic rings. The minimum atomic E-state index is -0.240. The van der Waals surface area contributed by atoms with E-state index in [9.17, 15) is 4.79 Å². The van der Waals surface area contributed by atoms with Crippen molar-refractivity contribution in [1.82, 2.24) is 10.6 Å². The molecule has 0 aromatic heterocycles. The lowest BCUT2D eigenvalue weighted by molar-refractivity contribution is 0.241. The molecule has 5 heteroatoms. The number of ether oxygens (including phenoxy) is 1. The minimum Gasteiger partial charge on any atom is -0.481 e. The normalized spacial score (nSPS) is 9.43. The SMILES string of the molecule is O=C(NCC#CCOc1cccc(Br)c1)NCc1ccccc1. The number of carbonyl (C=O) groups is 1. The third-order valence-corrected chi connectivity index (χ3v) is 3.36. The number of rotatable bonds is 5. The van der Waals surface area contributed by atoms with Crippen LogP contribution < -0.4 is 15.4 Å². The first-order chi connectivity index (χ1) is 11.2. The zero-order chi connectivity index (χ0) is 16.3. The highest BCUT2D eigenvalue weighted by atomic mass is 79.9. The third-order valence-electron chi connectivity index (χ3n) is 2.87. The maximum Gasteiger partial charge on any atom is 0.315 e. The monoisotopic (exact) mass is 372 g/mol. The van der Waals surface area contributed by atoms with Gasteiger partial charge in [0.25, 0.3) is 0 Å². The van der Waals surface area contributed by atoms with Crippen molar-refractivity contribution in [2.24, 2.45) is 0 Å². The average molecular weight is 373 g/mol. The molecule has 2 amide bonds. The molecule has 0 saturated heterocycles. The van der Waals surface area contributed by atoms with E-state index in [0.29, 0.717) is 6.54 Å². The number of carbonyl (C=O) groups excluding carboxylic acids is 1. The summed E-state index contributed by atoms with van der Waals surface area (Å²) in [6, 6.07) is 17.0. The fourth-order valence-electron chi connectivity index (χ4n) is 1.75. The van der Waals surface area contributed by atoms with Gasteiger partial charge in [0.05, 0.1) is 6.54 Å². The van der Waals surface area contributed by atoms with E-state index in [2.05, 4.69) is 38.4 Å². The molecule has 2 N–H and O–H groups in total. The Labute approximate surface area is 144 Å². The lowest BCUT2D eigenvalue weighted by Gasteiger charge is -2.05. The van der Waals surface area contributed by atoms with Gasteiger partial charge < -0.3 is 15.4 Å². The fraction of sp³-hybridized carbons (Fsp3) is 0.167. The predicted octanol–water partition coefficient (Wildman–Crippen LogP) is 3.33. The second-order valence-corrected chi connectivity index (χ2v) is 5.54. The number of hydrogen-bond acceptors (Lipinski definition) is 2. The molecule has 2 aromatic carbocycles. The first kappa shape index (κ1) is 16.9. The molecule has 0 atom stereocenters. The molecule has 4 nitrogen and oxygen atoms in total. The van der Waals surface area contributed by atoms with Crippen LogP contribution in [0.4, 0.5) is 4.79 Å². The Hall–Kier alpha value is -2.45. The Balaban J connectivity index is 1.60. The van der Waals surface area contributed by atoms with Gasteiger partial charge in [-0.1, -0.05) is 64.2 Å². The summed E-state index contributed by atoms with van der Waals surface area (Å²) in [5.41, 5.74) is 1.05. The molecule has 0 heterocycles. The Morgan fingerprint density at radius 3 is 2.65 bits per heavy atom. The second kappa shape index (κ2) is 9.54. The van der Waals surface area contributed by atoms with E-state index in [1.165, 1.54) is 0 Å². The van der Waals surface area contributed by atoms with Gasteiger partial charge in [-0.05, 0) is 23.8 Å². The van der Waals surface area contributed by atoms with Gasteiger partial charge in [0, 0.05) is 11.0 Å². The maximum atomic E-state index is 11.6. The van der Waals surface area contributed by atoms with Crippen molar-refractivity contribution in [1.29, 1.82) is 0 Å². The van der Waals surface area contributed by atoms with Crippen LogP contribution in [0.2, 0.25) is 0 Å². The van der Waals surface area contributed by atoms with Crippen molar-refractivity contribution in [3.63, 3.8) is 0 Å². The largest absolute Gasteiger partial charge is 0.481 e. The molecule has 0 spiro atoms. The van der Waals surface area contributed by atoms with Gasteiger partial charge in [-0.2, -0.15) is 0 Å². The Bertz CT molecular complexity index is 693. The van der Waals surface area contributed by atoms with Gasteiger partial charge in [-0.15, -0.1) is 0 Å². The summed E-state index contributed by atoms with van der Waals surface area (Å²) >= 11 is 3.37. The summed E-state index contributed by atoms with van der Waals surface area (Å²) in [7, 11) is 0. The summed E-state index contributed by atoms with van der Waals surface area (Å²) < 4.78 is 6.43. The zero-order valence-electron chi connectivity index (χ0n) is 12.5. The molecule has 0 saturated carbocycles. The molecule has 0 radical (unpaired) electrons. The summed E-state index contributed by atoms with van der Waals surface area (Å²) in [4.78, 5) is 11.6. The standard InChI is InChI=1S/C18H17BrN2O2/c19-16-9-6-10-17(13-16)23-12-5-4-11-20-18(22)21-14-15-7-2-1-3-8-15/h1-3,6-10,13H,11-12,14H2,(H2,20,21,22). The van der Waals surface area contributed by atoms with Crippen molar-refractivity contribution < 1.29 is 9.53 Å². The zero-order valence-corrected chi connectivity index (χ0v) is 14.1. The molecule has 118 valence electrons. The highest BCUT2D eigenvalue weighted by molar-refractivity contribution is 9.10. The Kier molecular flexibility index (Phi) is 7.02. The van der Waals surface area contributed by atoms with Gasteiger partial charge in [-0.25, -0.2) is 4.79 Å². The molecule has 0 bridgehead atoms. The van der Waals surface area contributed by atoms with Gasteiger partial charge in [0.1, 0.15) is 12.4 Å². The van der Waals surface area contributed by atoms with Gasteiger partial charge in [0.15, 0.2) is 0 Å². The van der Waals surface area contributed by atoms with E-state index in [1.54, 1.807) is 0 Å². The molecule has 0 aliphatic rings. The van der Waals surface area contributed by atoms with Crippen molar-refractivity contribution in [2.45, 2.75) is 6.54 Å². The first-order valence-electron chi connectivity index (χ1n) is 7.14. The minimum absolute atomic E-state index is 0.240.